The summed E-state index contributed by atoms with van der Waals surface area (Å²) in [6.07, 6.45) is 0. The maximum atomic E-state index is 13.0. The fourth-order valence-electron chi connectivity index (χ4n) is 3.46. The lowest BCUT2D eigenvalue weighted by Crippen LogP contribution is -2.30. The monoisotopic (exact) mass is 512 g/mol. The highest BCUT2D eigenvalue weighted by Gasteiger charge is 2.22. The summed E-state index contributed by atoms with van der Waals surface area (Å²) in [6.45, 7) is 0.746. The van der Waals surface area contributed by atoms with Crippen LogP contribution in [0.25, 0.3) is 0 Å². The first-order valence-corrected chi connectivity index (χ1v) is 12.4. The molecule has 0 heterocycles. The zero-order chi connectivity index (χ0) is 26.3. The van der Waals surface area contributed by atoms with Crippen LogP contribution in [0.2, 0.25) is 0 Å². The van der Waals surface area contributed by atoms with Crippen molar-refractivity contribution in [2.75, 3.05) is 49.2 Å². The molecule has 0 saturated carbocycles. The summed E-state index contributed by atoms with van der Waals surface area (Å²) in [5.41, 5.74) is 2.10. The van der Waals surface area contributed by atoms with Crippen LogP contribution in [0, 0.1) is 0 Å². The van der Waals surface area contributed by atoms with Crippen molar-refractivity contribution < 1.29 is 27.9 Å². The number of hydrogen-bond acceptors (Lipinski definition) is 7. The average molecular weight is 513 g/mol. The van der Waals surface area contributed by atoms with Crippen LogP contribution in [0.5, 0.6) is 5.75 Å². The molecular weight excluding hydrogens is 484 g/mol. The molecule has 11 heteroatoms. The summed E-state index contributed by atoms with van der Waals surface area (Å²) >= 11 is 0. The molecule has 0 saturated heterocycles. The molecule has 0 spiro atoms. The normalized spacial score (nSPS) is 10.9. The fourth-order valence-corrected chi connectivity index (χ4v) is 4.70. The molecule has 0 aromatic heterocycles. The van der Waals surface area contributed by atoms with E-state index in [4.69, 9.17) is 4.74 Å². The molecular formula is C25H28N4O6S. The third kappa shape index (κ3) is 6.45. The molecule has 0 fully saturated rings. The molecule has 0 bridgehead atoms. The van der Waals surface area contributed by atoms with Gasteiger partial charge in [0.1, 0.15) is 10.6 Å². The van der Waals surface area contributed by atoms with Gasteiger partial charge >= 0.3 is 5.97 Å². The van der Waals surface area contributed by atoms with Crippen LogP contribution in [0.1, 0.15) is 20.7 Å². The molecule has 3 rings (SSSR count). The average Bonchev–Trinajstić information content (AvgIpc) is 2.86. The number of aromatic carboxylic acids is 1. The molecule has 190 valence electrons. The number of sulfonamides is 1. The van der Waals surface area contributed by atoms with Gasteiger partial charge in [0.25, 0.3) is 15.9 Å². The van der Waals surface area contributed by atoms with E-state index in [1.54, 1.807) is 36.4 Å². The van der Waals surface area contributed by atoms with Gasteiger partial charge in [-0.15, -0.1) is 0 Å². The first kappa shape index (κ1) is 26.4. The largest absolute Gasteiger partial charge is 0.495 e. The molecule has 0 radical (unpaired) electrons. The summed E-state index contributed by atoms with van der Waals surface area (Å²) in [5.74, 6) is -1.42. The number of carboxylic acid groups (broad SMARTS) is 1. The van der Waals surface area contributed by atoms with Crippen molar-refractivity contribution in [3.63, 3.8) is 0 Å². The molecule has 4 N–H and O–H groups in total. The van der Waals surface area contributed by atoms with Crippen molar-refractivity contribution in [3.8, 4) is 5.75 Å². The van der Waals surface area contributed by atoms with Gasteiger partial charge in [-0.2, -0.15) is 0 Å². The Morgan fingerprint density at radius 1 is 0.944 bits per heavy atom. The minimum atomic E-state index is -4.13. The number of rotatable bonds is 11. The lowest BCUT2D eigenvalue weighted by atomic mass is 10.1. The predicted molar refractivity (Wildman–Crippen MR) is 139 cm³/mol. The quantitative estimate of drug-likeness (QED) is 0.288. The number of ether oxygens (including phenoxy) is 1. The predicted octanol–water partition coefficient (Wildman–Crippen LogP) is 3.10. The van der Waals surface area contributed by atoms with Gasteiger partial charge in [0, 0.05) is 38.6 Å². The van der Waals surface area contributed by atoms with Crippen LogP contribution in [0.15, 0.2) is 71.6 Å². The number of methoxy groups -OCH3 is 1. The molecule has 3 aromatic carbocycles. The van der Waals surface area contributed by atoms with E-state index in [1.807, 2.05) is 31.1 Å². The number of carbonyl (C=O) groups is 2. The van der Waals surface area contributed by atoms with Gasteiger partial charge in [-0.3, -0.25) is 9.52 Å². The zero-order valence-corrected chi connectivity index (χ0v) is 20.9. The summed E-state index contributed by atoms with van der Waals surface area (Å²) < 4.78 is 33.5. The summed E-state index contributed by atoms with van der Waals surface area (Å²) in [6, 6.07) is 17.5. The van der Waals surface area contributed by atoms with E-state index in [-0.39, 0.29) is 27.8 Å². The lowest BCUT2D eigenvalue weighted by Gasteiger charge is -2.17. The van der Waals surface area contributed by atoms with Gasteiger partial charge in [0.2, 0.25) is 0 Å². The Bertz CT molecular complexity index is 1360. The second-order valence-electron chi connectivity index (χ2n) is 7.95. The molecule has 0 aliphatic rings. The van der Waals surface area contributed by atoms with E-state index in [0.717, 1.165) is 11.8 Å². The Hall–Kier alpha value is -4.25. The third-order valence-electron chi connectivity index (χ3n) is 5.19. The van der Waals surface area contributed by atoms with Gasteiger partial charge < -0.3 is 25.4 Å². The minimum absolute atomic E-state index is 0.0216. The van der Waals surface area contributed by atoms with E-state index in [1.165, 1.54) is 19.2 Å². The highest BCUT2D eigenvalue weighted by Crippen LogP contribution is 2.28. The number of nitrogens with zero attached hydrogens (tertiary/aromatic N) is 1. The Morgan fingerprint density at radius 2 is 1.67 bits per heavy atom. The first-order valence-electron chi connectivity index (χ1n) is 10.9. The number of nitrogens with one attached hydrogen (secondary N) is 3. The fraction of sp³-hybridized carbons (Fsp3) is 0.200. The van der Waals surface area contributed by atoms with Crippen LogP contribution in [0.4, 0.5) is 17.1 Å². The number of amides is 1. The number of hydrogen-bond donors (Lipinski definition) is 4. The molecule has 0 aliphatic carbocycles. The molecule has 10 nitrogen and oxygen atoms in total. The number of benzene rings is 3. The van der Waals surface area contributed by atoms with Gasteiger partial charge in [0.05, 0.1) is 23.9 Å². The first-order chi connectivity index (χ1) is 17.1. The summed E-state index contributed by atoms with van der Waals surface area (Å²) in [7, 11) is 0.906. The number of para-hydroxylation sites is 1. The van der Waals surface area contributed by atoms with Gasteiger partial charge in [0.15, 0.2) is 0 Å². The Balaban J connectivity index is 1.64. The molecule has 0 unspecified atom stereocenters. The van der Waals surface area contributed by atoms with E-state index < -0.39 is 16.0 Å². The van der Waals surface area contributed by atoms with Crippen molar-refractivity contribution in [1.29, 1.82) is 0 Å². The molecule has 1 amide bonds. The molecule has 3 aromatic rings. The van der Waals surface area contributed by atoms with Crippen molar-refractivity contribution in [3.05, 3.63) is 77.9 Å². The highest BCUT2D eigenvalue weighted by molar-refractivity contribution is 7.92. The zero-order valence-electron chi connectivity index (χ0n) is 20.1. The van der Waals surface area contributed by atoms with Crippen LogP contribution in [-0.4, -0.2) is 59.7 Å². The Kier molecular flexibility index (Phi) is 8.38. The lowest BCUT2D eigenvalue weighted by molar-refractivity contribution is 0.0696. The smallest absolute Gasteiger partial charge is 0.335 e. The standard InChI is InChI=1S/C25H28N4O6S/c1-29(2)21-10-5-4-9-20(21)24(30)27-14-13-26-18-7-6-8-19(16-18)28-36(33,34)23-15-17(25(31)32)11-12-22(23)35-3/h4-12,15-16,26,28H,13-14H2,1-3H3,(H,27,30)(H,31,32). The maximum absolute atomic E-state index is 13.0. The summed E-state index contributed by atoms with van der Waals surface area (Å²) in [4.78, 5) is 25.4. The van der Waals surface area contributed by atoms with Crippen molar-refractivity contribution in [2.24, 2.45) is 0 Å². The van der Waals surface area contributed by atoms with Crippen LogP contribution in [0.3, 0.4) is 0 Å². The van der Waals surface area contributed by atoms with Crippen molar-refractivity contribution >= 4 is 39.0 Å². The van der Waals surface area contributed by atoms with E-state index in [0.29, 0.717) is 24.3 Å². The van der Waals surface area contributed by atoms with Gasteiger partial charge in [-0.05, 0) is 48.5 Å². The van der Waals surface area contributed by atoms with E-state index in [9.17, 15) is 23.1 Å². The van der Waals surface area contributed by atoms with Crippen molar-refractivity contribution in [1.82, 2.24) is 5.32 Å². The summed E-state index contributed by atoms with van der Waals surface area (Å²) in [5, 5.41) is 15.2. The van der Waals surface area contributed by atoms with E-state index in [2.05, 4.69) is 15.4 Å². The highest BCUT2D eigenvalue weighted by atomic mass is 32.2. The molecule has 0 aliphatic heterocycles. The van der Waals surface area contributed by atoms with Crippen LogP contribution < -0.4 is 25.0 Å². The SMILES string of the molecule is COc1ccc(C(=O)O)cc1S(=O)(=O)Nc1cccc(NCCNC(=O)c2ccccc2N(C)C)c1. The number of carboxylic acids is 1. The topological polar surface area (TPSA) is 137 Å². The second-order valence-corrected chi connectivity index (χ2v) is 9.60. The third-order valence-corrected chi connectivity index (χ3v) is 6.59. The number of carbonyl (C=O) groups excluding carboxylic acids is 1. The van der Waals surface area contributed by atoms with Crippen molar-refractivity contribution in [2.45, 2.75) is 4.90 Å². The Morgan fingerprint density at radius 3 is 2.36 bits per heavy atom. The minimum Gasteiger partial charge on any atom is -0.495 e. The number of anilines is 3. The Labute approximate surface area is 210 Å². The second kappa shape index (κ2) is 11.5. The van der Waals surface area contributed by atoms with Gasteiger partial charge in [-0.25, -0.2) is 13.2 Å². The van der Waals surface area contributed by atoms with E-state index >= 15 is 0 Å². The van der Waals surface area contributed by atoms with Gasteiger partial charge in [-0.1, -0.05) is 18.2 Å². The molecule has 0 atom stereocenters. The maximum Gasteiger partial charge on any atom is 0.335 e. The van der Waals surface area contributed by atoms with Crippen LogP contribution in [-0.2, 0) is 10.0 Å². The molecule has 36 heavy (non-hydrogen) atoms. The van der Waals surface area contributed by atoms with Crippen LogP contribution >= 0.6 is 0 Å².